The molecule has 0 unspecified atom stereocenters. The number of carbonyl (C=O) groups excluding carboxylic acids is 1. The van der Waals surface area contributed by atoms with Crippen molar-refractivity contribution in [1.82, 2.24) is 4.98 Å². The van der Waals surface area contributed by atoms with Crippen LogP contribution in [0.1, 0.15) is 29.5 Å². The van der Waals surface area contributed by atoms with Gasteiger partial charge in [0, 0.05) is 3.57 Å². The lowest BCUT2D eigenvalue weighted by Gasteiger charge is -2.07. The Morgan fingerprint density at radius 2 is 2.31 bits per heavy atom. The van der Waals surface area contributed by atoms with E-state index in [1.165, 1.54) is 6.07 Å². The van der Waals surface area contributed by atoms with Crippen LogP contribution in [0.25, 0.3) is 0 Å². The van der Waals surface area contributed by atoms with E-state index in [0.29, 0.717) is 8.04 Å². The van der Waals surface area contributed by atoms with Crippen LogP contribution in [-0.2, 0) is 4.74 Å². The van der Waals surface area contributed by atoms with Gasteiger partial charge in [0.1, 0.15) is 5.69 Å². The van der Waals surface area contributed by atoms with Crippen LogP contribution >= 0.6 is 38.5 Å². The number of aromatic nitrogens is 1. The molecule has 0 fully saturated rings. The van der Waals surface area contributed by atoms with Crippen molar-refractivity contribution in [2.75, 3.05) is 6.61 Å². The maximum atomic E-state index is 12.5. The largest absolute Gasteiger partial charge is 0.461 e. The molecular formula is C9H7BrF2INO2. The summed E-state index contributed by atoms with van der Waals surface area (Å²) in [7, 11) is 0. The number of alkyl halides is 2. The van der Waals surface area contributed by atoms with Crippen LogP contribution in [0.3, 0.4) is 0 Å². The highest BCUT2D eigenvalue weighted by atomic mass is 127. The van der Waals surface area contributed by atoms with Gasteiger partial charge in [-0.1, -0.05) is 0 Å². The van der Waals surface area contributed by atoms with Crippen LogP contribution in [0.15, 0.2) is 10.5 Å². The highest BCUT2D eigenvalue weighted by Crippen LogP contribution is 2.27. The lowest BCUT2D eigenvalue weighted by Crippen LogP contribution is -2.10. The predicted molar refractivity (Wildman–Crippen MR) is 65.6 cm³/mol. The third-order valence-electron chi connectivity index (χ3n) is 1.63. The van der Waals surface area contributed by atoms with Crippen molar-refractivity contribution >= 4 is 44.5 Å². The molecule has 0 amide bonds. The molecule has 1 rings (SSSR count). The average Bonchev–Trinajstić information content (AvgIpc) is 2.21. The number of hydrogen-bond acceptors (Lipinski definition) is 3. The fraction of sp³-hybridized carbons (Fsp3) is 0.333. The number of halogens is 4. The van der Waals surface area contributed by atoms with Gasteiger partial charge in [0.2, 0.25) is 0 Å². The van der Waals surface area contributed by atoms with Crippen LogP contribution in [0.5, 0.6) is 0 Å². The Bertz CT molecular complexity index is 415. The van der Waals surface area contributed by atoms with E-state index in [2.05, 4.69) is 20.9 Å². The highest BCUT2D eigenvalue weighted by Gasteiger charge is 2.20. The Balaban J connectivity index is 3.21. The number of pyridine rings is 1. The minimum absolute atomic E-state index is 0.121. The number of rotatable bonds is 3. The van der Waals surface area contributed by atoms with Crippen LogP contribution in [0, 0.1) is 3.57 Å². The van der Waals surface area contributed by atoms with Crippen molar-refractivity contribution in [2.45, 2.75) is 13.3 Å². The van der Waals surface area contributed by atoms with Crippen molar-refractivity contribution in [2.24, 2.45) is 0 Å². The third-order valence-corrected chi connectivity index (χ3v) is 4.02. The third kappa shape index (κ3) is 3.09. The van der Waals surface area contributed by atoms with Crippen molar-refractivity contribution in [3.63, 3.8) is 0 Å². The summed E-state index contributed by atoms with van der Waals surface area (Å²) in [6, 6.07) is 1.22. The van der Waals surface area contributed by atoms with Crippen molar-refractivity contribution in [3.8, 4) is 0 Å². The number of nitrogens with zero attached hydrogens (tertiary/aromatic N) is 1. The van der Waals surface area contributed by atoms with Gasteiger partial charge in [0.15, 0.2) is 5.69 Å². The molecule has 1 heterocycles. The van der Waals surface area contributed by atoms with Gasteiger partial charge in [-0.05, 0) is 51.5 Å². The smallest absolute Gasteiger partial charge is 0.358 e. The fourth-order valence-corrected chi connectivity index (χ4v) is 1.90. The highest BCUT2D eigenvalue weighted by molar-refractivity contribution is 14.1. The summed E-state index contributed by atoms with van der Waals surface area (Å²) in [5.74, 6) is -0.713. The maximum Gasteiger partial charge on any atom is 0.358 e. The molecule has 1 aromatic rings. The van der Waals surface area contributed by atoms with Gasteiger partial charge in [-0.15, -0.1) is 0 Å². The van der Waals surface area contributed by atoms with Crippen LogP contribution in [0.2, 0.25) is 0 Å². The van der Waals surface area contributed by atoms with Crippen LogP contribution < -0.4 is 0 Å². The zero-order valence-corrected chi connectivity index (χ0v) is 11.9. The molecule has 0 N–H and O–H groups in total. The molecule has 0 aliphatic carbocycles. The van der Waals surface area contributed by atoms with E-state index < -0.39 is 18.1 Å². The second-order valence-electron chi connectivity index (χ2n) is 2.71. The minimum Gasteiger partial charge on any atom is -0.461 e. The normalized spacial score (nSPS) is 10.6. The summed E-state index contributed by atoms with van der Waals surface area (Å²) < 4.78 is 30.5. The number of ether oxygens (including phenoxy) is 1. The van der Waals surface area contributed by atoms with E-state index in [-0.39, 0.29) is 12.3 Å². The van der Waals surface area contributed by atoms with Gasteiger partial charge < -0.3 is 4.74 Å². The molecule has 7 heteroatoms. The lowest BCUT2D eigenvalue weighted by atomic mass is 10.3. The molecule has 0 atom stereocenters. The van der Waals surface area contributed by atoms with Gasteiger partial charge in [0.05, 0.1) is 11.1 Å². The Kier molecular flexibility index (Phi) is 5.03. The Morgan fingerprint density at radius 1 is 1.69 bits per heavy atom. The van der Waals surface area contributed by atoms with Crippen LogP contribution in [-0.4, -0.2) is 17.6 Å². The monoisotopic (exact) mass is 405 g/mol. The maximum absolute atomic E-state index is 12.5. The number of hydrogen-bond donors (Lipinski definition) is 0. The Labute approximate surface area is 113 Å². The second kappa shape index (κ2) is 5.85. The number of carbonyl (C=O) groups is 1. The predicted octanol–water partition coefficient (Wildman–Crippen LogP) is 3.56. The van der Waals surface area contributed by atoms with E-state index in [9.17, 15) is 13.6 Å². The van der Waals surface area contributed by atoms with E-state index in [4.69, 9.17) is 4.74 Å². The summed E-state index contributed by atoms with van der Waals surface area (Å²) in [4.78, 5) is 15.0. The van der Waals surface area contributed by atoms with Crippen molar-refractivity contribution in [1.29, 1.82) is 0 Å². The molecule has 0 bridgehead atoms. The van der Waals surface area contributed by atoms with E-state index in [0.717, 1.165) is 0 Å². The van der Waals surface area contributed by atoms with Gasteiger partial charge >= 0.3 is 5.97 Å². The van der Waals surface area contributed by atoms with E-state index in [1.807, 2.05) is 22.6 Å². The first-order valence-electron chi connectivity index (χ1n) is 4.28. The summed E-state index contributed by atoms with van der Waals surface area (Å²) in [5.41, 5.74) is -0.556. The van der Waals surface area contributed by atoms with E-state index in [1.54, 1.807) is 6.92 Å². The average molecular weight is 406 g/mol. The molecule has 0 saturated carbocycles. The lowest BCUT2D eigenvalue weighted by molar-refractivity contribution is 0.0516. The topological polar surface area (TPSA) is 39.2 Å². The first-order chi connectivity index (χ1) is 7.47. The van der Waals surface area contributed by atoms with Crippen LogP contribution in [0.4, 0.5) is 8.78 Å². The second-order valence-corrected chi connectivity index (χ2v) is 4.67. The molecule has 0 aliphatic heterocycles. The molecule has 16 heavy (non-hydrogen) atoms. The fourth-order valence-electron chi connectivity index (χ4n) is 0.963. The van der Waals surface area contributed by atoms with Gasteiger partial charge in [-0.2, -0.15) is 0 Å². The summed E-state index contributed by atoms with van der Waals surface area (Å²) in [6.45, 7) is 1.80. The van der Waals surface area contributed by atoms with Gasteiger partial charge in [-0.3, -0.25) is 0 Å². The zero-order chi connectivity index (χ0) is 12.3. The standard InChI is InChI=1S/C9H7BrF2INO2/c1-2-16-9(15)7-6(10)4(13)3-5(14-7)8(11)12/h3,8H,2H2,1H3. The van der Waals surface area contributed by atoms with Crippen molar-refractivity contribution in [3.05, 3.63) is 25.5 Å². The molecule has 1 aromatic heterocycles. The molecule has 88 valence electrons. The summed E-state index contributed by atoms with van der Waals surface area (Å²) >= 11 is 4.96. The molecule has 3 nitrogen and oxygen atoms in total. The molecule has 0 saturated heterocycles. The molecule has 0 radical (unpaired) electrons. The SMILES string of the molecule is CCOC(=O)c1nc(C(F)F)cc(I)c1Br. The first kappa shape index (κ1) is 13.8. The zero-order valence-electron chi connectivity index (χ0n) is 8.14. The van der Waals surface area contributed by atoms with Crippen molar-refractivity contribution < 1.29 is 18.3 Å². The molecule has 0 spiro atoms. The van der Waals surface area contributed by atoms with Gasteiger partial charge in [0.25, 0.3) is 6.43 Å². The first-order valence-corrected chi connectivity index (χ1v) is 6.15. The summed E-state index contributed by atoms with van der Waals surface area (Å²) in [5, 5.41) is 0. The summed E-state index contributed by atoms with van der Waals surface area (Å²) in [6.07, 6.45) is -2.71. The Morgan fingerprint density at radius 3 is 2.81 bits per heavy atom. The number of esters is 1. The minimum atomic E-state index is -2.71. The molecular weight excluding hydrogens is 399 g/mol. The molecule has 0 aliphatic rings. The quantitative estimate of drug-likeness (QED) is 0.570. The molecule has 0 aromatic carbocycles. The Hall–Kier alpha value is -0.310. The van der Waals surface area contributed by atoms with E-state index >= 15 is 0 Å². The van der Waals surface area contributed by atoms with Gasteiger partial charge in [-0.25, -0.2) is 18.6 Å².